The second-order valence-corrected chi connectivity index (χ2v) is 8.70. The average Bonchev–Trinajstić information content (AvgIpc) is 2.62. The Hall–Kier alpha value is -2.47. The first-order valence-corrected chi connectivity index (χ1v) is 10.3. The third-order valence-corrected chi connectivity index (χ3v) is 6.32. The topological polar surface area (TPSA) is 80.3 Å². The number of benzene rings is 2. The quantitative estimate of drug-likeness (QED) is 0.875. The predicted molar refractivity (Wildman–Crippen MR) is 100 cm³/mol. The van der Waals surface area contributed by atoms with E-state index in [1.807, 2.05) is 6.07 Å². The molecular formula is C20H21NO4S. The highest BCUT2D eigenvalue weighted by atomic mass is 32.2. The molecule has 0 atom stereocenters. The molecule has 0 radical (unpaired) electrons. The van der Waals surface area contributed by atoms with Gasteiger partial charge in [0.2, 0.25) is 5.91 Å². The summed E-state index contributed by atoms with van der Waals surface area (Å²) in [5.74, 6) is 0.0256. The Morgan fingerprint density at radius 1 is 1.08 bits per heavy atom. The summed E-state index contributed by atoms with van der Waals surface area (Å²) in [6.45, 7) is 1.60. The summed E-state index contributed by atoms with van der Waals surface area (Å²) in [7, 11) is -3.23. The lowest BCUT2D eigenvalue weighted by molar-refractivity contribution is -0.115. The lowest BCUT2D eigenvalue weighted by Crippen LogP contribution is -2.16. The zero-order chi connectivity index (χ0) is 18.7. The number of hydrogen-bond donors (Lipinski definition) is 1. The highest BCUT2D eigenvalue weighted by Gasteiger charge is 2.17. The van der Waals surface area contributed by atoms with Crippen molar-refractivity contribution in [3.8, 4) is 0 Å². The van der Waals surface area contributed by atoms with Crippen molar-refractivity contribution in [2.45, 2.75) is 37.5 Å². The Bertz CT molecular complexity index is 946. The number of amides is 1. The summed E-state index contributed by atoms with van der Waals surface area (Å²) in [4.78, 5) is 24.4. The Labute approximate surface area is 153 Å². The van der Waals surface area contributed by atoms with Gasteiger partial charge in [-0.3, -0.25) is 9.59 Å². The van der Waals surface area contributed by atoms with Gasteiger partial charge in [0.05, 0.1) is 17.1 Å². The second-order valence-electron chi connectivity index (χ2n) is 6.42. The zero-order valence-corrected chi connectivity index (χ0v) is 15.4. The molecule has 6 heteroatoms. The van der Waals surface area contributed by atoms with Crippen LogP contribution in [-0.2, 0) is 27.5 Å². The zero-order valence-electron chi connectivity index (χ0n) is 14.6. The van der Waals surface area contributed by atoms with Crippen molar-refractivity contribution in [1.82, 2.24) is 0 Å². The van der Waals surface area contributed by atoms with E-state index in [0.29, 0.717) is 12.1 Å². The van der Waals surface area contributed by atoms with E-state index in [2.05, 4.69) is 5.32 Å². The minimum atomic E-state index is -3.23. The van der Waals surface area contributed by atoms with Gasteiger partial charge in [0, 0.05) is 17.7 Å². The number of carbonyl (C=O) groups excluding carboxylic acids is 2. The lowest BCUT2D eigenvalue weighted by Gasteiger charge is -2.16. The first kappa shape index (κ1) is 18.3. The summed E-state index contributed by atoms with van der Waals surface area (Å²) in [5.41, 5.74) is 3.15. The van der Waals surface area contributed by atoms with E-state index in [9.17, 15) is 18.0 Å². The van der Waals surface area contributed by atoms with Gasteiger partial charge in [-0.2, -0.15) is 0 Å². The van der Waals surface area contributed by atoms with Crippen LogP contribution in [0.15, 0.2) is 47.4 Å². The van der Waals surface area contributed by atoms with Crippen molar-refractivity contribution in [2.24, 2.45) is 0 Å². The molecule has 0 bridgehead atoms. The number of rotatable bonds is 5. The molecule has 2 aromatic carbocycles. The number of ketones is 1. The number of Topliss-reactive ketones (excluding diaryl/α,β-unsaturated/α-hetero) is 1. The van der Waals surface area contributed by atoms with Crippen LogP contribution < -0.4 is 5.32 Å². The van der Waals surface area contributed by atoms with Gasteiger partial charge in [0.15, 0.2) is 15.6 Å². The van der Waals surface area contributed by atoms with Gasteiger partial charge < -0.3 is 5.32 Å². The summed E-state index contributed by atoms with van der Waals surface area (Å²) in [5, 5.41) is 2.84. The van der Waals surface area contributed by atoms with E-state index in [4.69, 9.17) is 0 Å². The van der Waals surface area contributed by atoms with E-state index in [-0.39, 0.29) is 28.8 Å². The number of carbonyl (C=O) groups is 2. The van der Waals surface area contributed by atoms with Gasteiger partial charge in [-0.05, 0) is 54.3 Å². The molecule has 1 aliphatic rings. The molecule has 0 spiro atoms. The molecule has 136 valence electrons. The van der Waals surface area contributed by atoms with Crippen LogP contribution in [0, 0.1) is 0 Å². The number of aryl methyl sites for hydroxylation is 1. The van der Waals surface area contributed by atoms with Crippen LogP contribution in [0.5, 0.6) is 0 Å². The molecule has 0 unspecified atom stereocenters. The molecule has 0 aliphatic heterocycles. The average molecular weight is 371 g/mol. The summed E-state index contributed by atoms with van der Waals surface area (Å²) < 4.78 is 23.6. The lowest BCUT2D eigenvalue weighted by atomic mass is 9.90. The highest BCUT2D eigenvalue weighted by Crippen LogP contribution is 2.24. The third-order valence-electron chi connectivity index (χ3n) is 4.57. The number of sulfone groups is 1. The summed E-state index contributed by atoms with van der Waals surface area (Å²) >= 11 is 0. The van der Waals surface area contributed by atoms with Crippen molar-refractivity contribution < 1.29 is 18.0 Å². The van der Waals surface area contributed by atoms with Crippen LogP contribution in [-0.4, -0.2) is 25.9 Å². The number of anilines is 1. The Morgan fingerprint density at radius 2 is 1.81 bits per heavy atom. The smallest absolute Gasteiger partial charge is 0.228 e. The van der Waals surface area contributed by atoms with Crippen molar-refractivity contribution in [3.05, 3.63) is 59.2 Å². The maximum absolute atomic E-state index is 12.3. The molecule has 1 amide bonds. The minimum absolute atomic E-state index is 0.0493. The molecule has 1 aliphatic carbocycles. The van der Waals surface area contributed by atoms with Crippen LogP contribution in [0.4, 0.5) is 5.69 Å². The van der Waals surface area contributed by atoms with Gasteiger partial charge in [-0.1, -0.05) is 19.1 Å². The third kappa shape index (κ3) is 4.02. The van der Waals surface area contributed by atoms with Gasteiger partial charge in [0.1, 0.15) is 0 Å². The van der Waals surface area contributed by atoms with Gasteiger partial charge in [-0.25, -0.2) is 8.42 Å². The summed E-state index contributed by atoms with van der Waals surface area (Å²) in [6.07, 6.45) is 2.43. The Morgan fingerprint density at radius 3 is 2.50 bits per heavy atom. The van der Waals surface area contributed by atoms with Crippen LogP contribution in [0.1, 0.15) is 41.3 Å². The Kier molecular flexibility index (Phi) is 5.23. The van der Waals surface area contributed by atoms with Crippen LogP contribution >= 0.6 is 0 Å². The first-order chi connectivity index (χ1) is 12.4. The molecule has 3 rings (SSSR count). The molecular weight excluding hydrogens is 350 g/mol. The van der Waals surface area contributed by atoms with Crippen molar-refractivity contribution in [3.63, 3.8) is 0 Å². The number of fused-ring (bicyclic) bond motifs is 1. The predicted octanol–water partition coefficient (Wildman–Crippen LogP) is 3.18. The van der Waals surface area contributed by atoms with Crippen molar-refractivity contribution in [2.75, 3.05) is 11.1 Å². The van der Waals surface area contributed by atoms with Crippen molar-refractivity contribution in [1.29, 1.82) is 0 Å². The fraction of sp³-hybridized carbons (Fsp3) is 0.300. The molecule has 1 N–H and O–H groups in total. The van der Waals surface area contributed by atoms with Crippen LogP contribution in [0.2, 0.25) is 0 Å². The van der Waals surface area contributed by atoms with Gasteiger partial charge in [0.25, 0.3) is 0 Å². The molecule has 0 saturated heterocycles. The van der Waals surface area contributed by atoms with E-state index >= 15 is 0 Å². The molecule has 0 saturated carbocycles. The largest absolute Gasteiger partial charge is 0.326 e. The minimum Gasteiger partial charge on any atom is -0.326 e. The molecule has 0 heterocycles. The van der Waals surface area contributed by atoms with Crippen molar-refractivity contribution >= 4 is 27.2 Å². The monoisotopic (exact) mass is 371 g/mol. The van der Waals surface area contributed by atoms with Crippen LogP contribution in [0.3, 0.4) is 0 Å². The first-order valence-electron chi connectivity index (χ1n) is 8.67. The van der Waals surface area contributed by atoms with Gasteiger partial charge >= 0.3 is 0 Å². The van der Waals surface area contributed by atoms with E-state index in [1.54, 1.807) is 31.2 Å². The summed E-state index contributed by atoms with van der Waals surface area (Å²) in [6, 6.07) is 11.8. The van der Waals surface area contributed by atoms with E-state index < -0.39 is 9.84 Å². The molecule has 0 fully saturated rings. The Balaban J connectivity index is 1.67. The second kappa shape index (κ2) is 7.41. The van der Waals surface area contributed by atoms with Crippen LogP contribution in [0.25, 0.3) is 0 Å². The highest BCUT2D eigenvalue weighted by molar-refractivity contribution is 7.91. The standard InChI is InChI=1S/C20H21NO4S/c1-2-26(24,25)17-9-6-14(7-10-17)12-20(23)21-16-8-11-18-15(13-16)4-3-5-19(18)22/h6-11,13H,2-5,12H2,1H3,(H,21,23). The normalized spacial score (nSPS) is 14.0. The molecule has 2 aromatic rings. The maximum atomic E-state index is 12.3. The van der Waals surface area contributed by atoms with Gasteiger partial charge in [-0.15, -0.1) is 0 Å². The maximum Gasteiger partial charge on any atom is 0.228 e. The SMILES string of the molecule is CCS(=O)(=O)c1ccc(CC(=O)Nc2ccc3c(c2)CCCC3=O)cc1. The van der Waals surface area contributed by atoms with E-state index in [0.717, 1.165) is 29.5 Å². The fourth-order valence-electron chi connectivity index (χ4n) is 3.10. The molecule has 26 heavy (non-hydrogen) atoms. The number of nitrogens with one attached hydrogen (secondary N) is 1. The molecule has 5 nitrogen and oxygen atoms in total. The number of hydrogen-bond acceptors (Lipinski definition) is 4. The molecule has 0 aromatic heterocycles. The fourth-order valence-corrected chi connectivity index (χ4v) is 3.98. The van der Waals surface area contributed by atoms with E-state index in [1.165, 1.54) is 12.1 Å².